The summed E-state index contributed by atoms with van der Waals surface area (Å²) in [5.74, 6) is -1.27. The van der Waals surface area contributed by atoms with Crippen molar-refractivity contribution in [3.05, 3.63) is 24.0 Å². The molecule has 0 saturated carbocycles. The number of aliphatic carboxylic acids is 1. The third-order valence-corrected chi connectivity index (χ3v) is 4.30. The van der Waals surface area contributed by atoms with Gasteiger partial charge in [0.15, 0.2) is 0 Å². The number of carboxylic acids is 1. The SMILES string of the molecule is CC(=O)N(CC(=O)O)C1CCCN(C(=O)c2cccn2C)CC1. The Labute approximate surface area is 135 Å². The van der Waals surface area contributed by atoms with Gasteiger partial charge in [-0.25, -0.2) is 0 Å². The maximum Gasteiger partial charge on any atom is 0.323 e. The Morgan fingerprint density at radius 2 is 2.04 bits per heavy atom. The van der Waals surface area contributed by atoms with Crippen LogP contribution in [-0.2, 0) is 16.6 Å². The predicted octanol–water partition coefficient (Wildman–Crippen LogP) is 0.953. The van der Waals surface area contributed by atoms with Crippen LogP contribution in [0.25, 0.3) is 0 Å². The zero-order chi connectivity index (χ0) is 17.0. The summed E-state index contributed by atoms with van der Waals surface area (Å²) in [5, 5.41) is 8.97. The molecular weight excluding hydrogens is 298 g/mol. The summed E-state index contributed by atoms with van der Waals surface area (Å²) in [5.41, 5.74) is 0.636. The Kier molecular flexibility index (Phi) is 5.41. The standard InChI is InChI=1S/C16H23N3O4/c1-12(20)19(11-15(21)22)13-5-3-9-18(10-7-13)16(23)14-6-4-8-17(14)2/h4,6,8,13H,3,5,7,9-11H2,1-2H3,(H,21,22). The molecule has 0 spiro atoms. The van der Waals surface area contributed by atoms with E-state index < -0.39 is 5.97 Å². The monoisotopic (exact) mass is 321 g/mol. The molecule has 0 aliphatic carbocycles. The fraction of sp³-hybridized carbons (Fsp3) is 0.562. The molecule has 1 N–H and O–H groups in total. The molecule has 23 heavy (non-hydrogen) atoms. The molecule has 0 bridgehead atoms. The number of hydrogen-bond donors (Lipinski definition) is 1. The molecule has 2 heterocycles. The van der Waals surface area contributed by atoms with Gasteiger partial charge in [0.2, 0.25) is 5.91 Å². The van der Waals surface area contributed by atoms with Gasteiger partial charge in [0.05, 0.1) is 0 Å². The second kappa shape index (κ2) is 7.30. The van der Waals surface area contributed by atoms with Crippen molar-refractivity contribution in [3.63, 3.8) is 0 Å². The first-order chi connectivity index (χ1) is 10.9. The molecule has 2 amide bonds. The van der Waals surface area contributed by atoms with E-state index in [1.165, 1.54) is 11.8 Å². The lowest BCUT2D eigenvalue weighted by Gasteiger charge is -2.28. The third kappa shape index (κ3) is 4.12. The fourth-order valence-corrected chi connectivity index (χ4v) is 3.08. The number of carboxylic acid groups (broad SMARTS) is 1. The van der Waals surface area contributed by atoms with Crippen LogP contribution < -0.4 is 0 Å². The van der Waals surface area contributed by atoms with E-state index in [1.54, 1.807) is 15.5 Å². The number of likely N-dealkylation sites (tertiary alicyclic amines) is 1. The second-order valence-electron chi connectivity index (χ2n) is 5.92. The lowest BCUT2D eigenvalue weighted by atomic mass is 10.1. The molecule has 1 atom stereocenters. The molecule has 1 saturated heterocycles. The van der Waals surface area contributed by atoms with Crippen molar-refractivity contribution < 1.29 is 19.5 Å². The van der Waals surface area contributed by atoms with E-state index in [4.69, 9.17) is 5.11 Å². The van der Waals surface area contributed by atoms with Crippen LogP contribution in [0.3, 0.4) is 0 Å². The van der Waals surface area contributed by atoms with Gasteiger partial charge in [-0.05, 0) is 31.4 Å². The minimum atomic E-state index is -1.01. The summed E-state index contributed by atoms with van der Waals surface area (Å²) in [6.07, 6.45) is 3.90. The molecule has 1 aromatic rings. The van der Waals surface area contributed by atoms with Crippen molar-refractivity contribution in [3.8, 4) is 0 Å². The van der Waals surface area contributed by atoms with Crippen LogP contribution >= 0.6 is 0 Å². The van der Waals surface area contributed by atoms with Crippen LogP contribution in [0.2, 0.25) is 0 Å². The Bertz CT molecular complexity index is 596. The summed E-state index contributed by atoms with van der Waals surface area (Å²) in [4.78, 5) is 38.4. The first-order valence-corrected chi connectivity index (χ1v) is 7.79. The summed E-state index contributed by atoms with van der Waals surface area (Å²) >= 11 is 0. The number of carbonyl (C=O) groups excluding carboxylic acids is 2. The Balaban J connectivity index is 2.04. The molecule has 7 nitrogen and oxygen atoms in total. The van der Waals surface area contributed by atoms with Gasteiger partial charge >= 0.3 is 5.97 Å². The van der Waals surface area contributed by atoms with Crippen molar-refractivity contribution >= 4 is 17.8 Å². The largest absolute Gasteiger partial charge is 0.480 e. The van der Waals surface area contributed by atoms with Gasteiger partial charge in [-0.15, -0.1) is 0 Å². The third-order valence-electron chi connectivity index (χ3n) is 4.30. The van der Waals surface area contributed by atoms with Gasteiger partial charge in [0, 0.05) is 39.3 Å². The van der Waals surface area contributed by atoms with Crippen molar-refractivity contribution in [2.24, 2.45) is 7.05 Å². The molecule has 2 rings (SSSR count). The highest BCUT2D eigenvalue weighted by atomic mass is 16.4. The summed E-state index contributed by atoms with van der Waals surface area (Å²) in [7, 11) is 1.83. The highest BCUT2D eigenvalue weighted by Crippen LogP contribution is 2.19. The van der Waals surface area contributed by atoms with E-state index in [0.717, 1.165) is 6.42 Å². The van der Waals surface area contributed by atoms with Gasteiger partial charge in [0.1, 0.15) is 12.2 Å². The predicted molar refractivity (Wildman–Crippen MR) is 84.0 cm³/mol. The highest BCUT2D eigenvalue weighted by molar-refractivity contribution is 5.92. The Morgan fingerprint density at radius 1 is 1.30 bits per heavy atom. The molecule has 1 aliphatic heterocycles. The molecule has 1 fully saturated rings. The van der Waals surface area contributed by atoms with E-state index in [1.807, 2.05) is 19.3 Å². The van der Waals surface area contributed by atoms with Gasteiger partial charge in [0.25, 0.3) is 5.91 Å². The van der Waals surface area contributed by atoms with Crippen LogP contribution in [0.15, 0.2) is 18.3 Å². The van der Waals surface area contributed by atoms with Crippen molar-refractivity contribution in [2.45, 2.75) is 32.2 Å². The molecule has 7 heteroatoms. The van der Waals surface area contributed by atoms with E-state index in [0.29, 0.717) is 31.6 Å². The van der Waals surface area contributed by atoms with E-state index >= 15 is 0 Å². The first-order valence-electron chi connectivity index (χ1n) is 7.79. The smallest absolute Gasteiger partial charge is 0.323 e. The van der Waals surface area contributed by atoms with E-state index in [-0.39, 0.29) is 24.4 Å². The molecule has 1 aromatic heterocycles. The highest BCUT2D eigenvalue weighted by Gasteiger charge is 2.28. The summed E-state index contributed by atoms with van der Waals surface area (Å²) in [6.45, 7) is 2.25. The molecule has 0 radical (unpaired) electrons. The number of amides is 2. The average molecular weight is 321 g/mol. The quantitative estimate of drug-likeness (QED) is 0.895. The number of aryl methyl sites for hydroxylation is 1. The normalized spacial score (nSPS) is 18.3. The minimum absolute atomic E-state index is 0.0224. The van der Waals surface area contributed by atoms with Crippen molar-refractivity contribution in [2.75, 3.05) is 19.6 Å². The number of nitrogens with zero attached hydrogens (tertiary/aromatic N) is 3. The van der Waals surface area contributed by atoms with Gasteiger partial charge in [-0.1, -0.05) is 0 Å². The van der Waals surface area contributed by atoms with E-state index in [9.17, 15) is 14.4 Å². The molecule has 1 unspecified atom stereocenters. The molecule has 1 aliphatic rings. The lowest BCUT2D eigenvalue weighted by Crippen LogP contribution is -2.43. The van der Waals surface area contributed by atoms with Crippen LogP contribution in [0.4, 0.5) is 0 Å². The van der Waals surface area contributed by atoms with Crippen LogP contribution in [0, 0.1) is 0 Å². The first kappa shape index (κ1) is 17.1. The van der Waals surface area contributed by atoms with Gasteiger partial charge in [-0.2, -0.15) is 0 Å². The topological polar surface area (TPSA) is 82.8 Å². The molecule has 126 valence electrons. The van der Waals surface area contributed by atoms with Crippen LogP contribution in [0.5, 0.6) is 0 Å². The maximum atomic E-state index is 12.6. The number of carbonyl (C=O) groups is 3. The van der Waals surface area contributed by atoms with Crippen molar-refractivity contribution in [1.82, 2.24) is 14.4 Å². The zero-order valence-corrected chi connectivity index (χ0v) is 13.6. The van der Waals surface area contributed by atoms with Gasteiger partial charge in [-0.3, -0.25) is 14.4 Å². The van der Waals surface area contributed by atoms with Gasteiger partial charge < -0.3 is 19.5 Å². The fourth-order valence-electron chi connectivity index (χ4n) is 3.08. The number of aromatic nitrogens is 1. The Hall–Kier alpha value is -2.31. The maximum absolute atomic E-state index is 12.6. The summed E-state index contributed by atoms with van der Waals surface area (Å²) in [6, 6.07) is 3.49. The second-order valence-corrected chi connectivity index (χ2v) is 5.92. The van der Waals surface area contributed by atoms with Crippen molar-refractivity contribution in [1.29, 1.82) is 0 Å². The summed E-state index contributed by atoms with van der Waals surface area (Å²) < 4.78 is 1.79. The lowest BCUT2D eigenvalue weighted by molar-refractivity contribution is -0.145. The zero-order valence-electron chi connectivity index (χ0n) is 13.6. The van der Waals surface area contributed by atoms with E-state index in [2.05, 4.69) is 0 Å². The number of hydrogen-bond acceptors (Lipinski definition) is 3. The minimum Gasteiger partial charge on any atom is -0.480 e. The van der Waals surface area contributed by atoms with Crippen LogP contribution in [0.1, 0.15) is 36.7 Å². The number of rotatable bonds is 4. The molecular formula is C16H23N3O4. The average Bonchev–Trinajstić information content (AvgIpc) is 2.77. The Morgan fingerprint density at radius 3 is 2.61 bits per heavy atom. The molecule has 0 aromatic carbocycles. The van der Waals surface area contributed by atoms with Crippen LogP contribution in [-0.4, -0.2) is 62.9 Å².